The van der Waals surface area contributed by atoms with Crippen molar-refractivity contribution in [3.05, 3.63) is 71.2 Å². The van der Waals surface area contributed by atoms with Crippen LogP contribution >= 0.6 is 0 Å². The maximum atomic E-state index is 14.2. The van der Waals surface area contributed by atoms with Crippen LogP contribution in [0.1, 0.15) is 47.2 Å². The minimum absolute atomic E-state index is 0.0392. The number of aliphatic hydroxyl groups excluding tert-OH is 1. The first-order valence-electron chi connectivity index (χ1n) is 14.5. The molecule has 0 unspecified atom stereocenters. The van der Waals surface area contributed by atoms with Crippen LogP contribution in [0.3, 0.4) is 0 Å². The number of aromatic nitrogens is 6. The monoisotopic (exact) mass is 582 g/mol. The Hall–Kier alpha value is -4.84. The van der Waals surface area contributed by atoms with E-state index in [1.54, 1.807) is 11.1 Å². The lowest BCUT2D eigenvalue weighted by molar-refractivity contribution is 0.0725. The minimum atomic E-state index is -0.659. The van der Waals surface area contributed by atoms with Crippen LogP contribution in [0.25, 0.3) is 33.5 Å². The molecule has 12 heteroatoms. The number of anilines is 1. The van der Waals surface area contributed by atoms with Gasteiger partial charge in [-0.05, 0) is 60.2 Å². The third-order valence-corrected chi connectivity index (χ3v) is 8.51. The molecule has 0 aliphatic carbocycles. The van der Waals surface area contributed by atoms with Gasteiger partial charge in [0.25, 0.3) is 5.91 Å². The summed E-state index contributed by atoms with van der Waals surface area (Å²) in [5, 5.41) is 27.9. The zero-order chi connectivity index (χ0) is 29.7. The average molecular weight is 583 g/mol. The quantitative estimate of drug-likeness (QED) is 0.235. The third-order valence-electron chi connectivity index (χ3n) is 8.51. The van der Waals surface area contributed by atoms with Gasteiger partial charge in [-0.3, -0.25) is 9.89 Å². The Kier molecular flexibility index (Phi) is 6.77. The largest absolute Gasteiger partial charge is 0.505 e. The Labute approximate surface area is 246 Å². The fraction of sp³-hybridized carbons (Fsp3) is 0.323. The molecule has 7 rings (SSSR count). The molecule has 1 saturated heterocycles. The minimum Gasteiger partial charge on any atom is -0.505 e. The van der Waals surface area contributed by atoms with Crippen LogP contribution in [0, 0.1) is 5.82 Å². The second-order valence-electron chi connectivity index (χ2n) is 11.1. The lowest BCUT2D eigenvalue weighted by Gasteiger charge is -2.26. The molecule has 1 fully saturated rings. The van der Waals surface area contributed by atoms with Crippen LogP contribution in [0.2, 0.25) is 0 Å². The van der Waals surface area contributed by atoms with Crippen molar-refractivity contribution in [2.24, 2.45) is 0 Å². The van der Waals surface area contributed by atoms with Crippen molar-refractivity contribution in [2.75, 3.05) is 24.6 Å². The number of phenols is 1. The molecular weight excluding hydrogens is 551 g/mol. The van der Waals surface area contributed by atoms with E-state index in [0.717, 1.165) is 58.4 Å². The topological polar surface area (TPSA) is 147 Å². The van der Waals surface area contributed by atoms with Crippen LogP contribution in [0.4, 0.5) is 10.2 Å². The Morgan fingerprint density at radius 1 is 1.16 bits per heavy atom. The van der Waals surface area contributed by atoms with Crippen molar-refractivity contribution in [3.8, 4) is 28.4 Å². The van der Waals surface area contributed by atoms with Gasteiger partial charge in [-0.2, -0.15) is 5.10 Å². The van der Waals surface area contributed by atoms with Gasteiger partial charge in [0.05, 0.1) is 48.5 Å². The SMILES string of the molecule is CCc1cc(O)c(F)cc1-c1ccc2c(-c3nc4c([nH]3)CN(C(=O)c3cnc(N5CCC[C@H]5CO)cn3)CC4)n[nH]c2c1. The number of halogens is 1. The van der Waals surface area contributed by atoms with E-state index in [4.69, 9.17) is 4.98 Å². The predicted molar refractivity (Wildman–Crippen MR) is 158 cm³/mol. The number of rotatable bonds is 6. The number of nitrogens with one attached hydrogen (secondary N) is 2. The standard InChI is InChI=1S/C31H31FN8O3/c1-2-17-11-27(42)22(32)12-21(17)18-5-6-20-24(10-18)37-38-29(20)30-35-23-7-9-39(15-26(23)36-30)31(43)25-13-34-28(14-33-25)40-8-3-4-19(40)16-41/h5-6,10-14,19,41-42H,2-4,7-9,15-16H2,1H3,(H,35,36)(H,37,38)/t19-/m0/s1. The number of hydrogen-bond acceptors (Lipinski definition) is 8. The van der Waals surface area contributed by atoms with Gasteiger partial charge < -0.3 is 25.0 Å². The van der Waals surface area contributed by atoms with Crippen LogP contribution in [0.5, 0.6) is 5.75 Å². The number of benzene rings is 2. The number of aromatic hydroxyl groups is 1. The van der Waals surface area contributed by atoms with Crippen LogP contribution in [-0.2, 0) is 19.4 Å². The first-order chi connectivity index (χ1) is 20.9. The summed E-state index contributed by atoms with van der Waals surface area (Å²) in [5.74, 6) is 0.0698. The second-order valence-corrected chi connectivity index (χ2v) is 11.1. The molecule has 3 aromatic heterocycles. The van der Waals surface area contributed by atoms with Crippen molar-refractivity contribution < 1.29 is 19.4 Å². The van der Waals surface area contributed by atoms with E-state index in [2.05, 4.69) is 25.1 Å². The maximum absolute atomic E-state index is 14.2. The number of imidazole rings is 1. The van der Waals surface area contributed by atoms with Crippen molar-refractivity contribution >= 4 is 22.6 Å². The highest BCUT2D eigenvalue weighted by atomic mass is 19.1. The summed E-state index contributed by atoms with van der Waals surface area (Å²) >= 11 is 0. The Morgan fingerprint density at radius 2 is 2.05 bits per heavy atom. The molecule has 11 nitrogen and oxygen atoms in total. The molecule has 2 aromatic carbocycles. The van der Waals surface area contributed by atoms with E-state index in [0.29, 0.717) is 43.3 Å². The van der Waals surface area contributed by atoms with Crippen LogP contribution < -0.4 is 4.90 Å². The normalized spacial score (nSPS) is 16.7. The number of amides is 1. The fourth-order valence-electron chi connectivity index (χ4n) is 6.18. The van der Waals surface area contributed by atoms with Gasteiger partial charge >= 0.3 is 0 Å². The van der Waals surface area contributed by atoms with Gasteiger partial charge in [-0.25, -0.2) is 19.3 Å². The summed E-state index contributed by atoms with van der Waals surface area (Å²) in [6, 6.07) is 8.63. The third kappa shape index (κ3) is 4.77. The summed E-state index contributed by atoms with van der Waals surface area (Å²) < 4.78 is 14.2. The molecule has 0 bridgehead atoms. The molecule has 0 radical (unpaired) electrons. The van der Waals surface area contributed by atoms with Crippen molar-refractivity contribution in [2.45, 2.75) is 45.2 Å². The first kappa shape index (κ1) is 27.0. The van der Waals surface area contributed by atoms with E-state index < -0.39 is 5.82 Å². The smallest absolute Gasteiger partial charge is 0.274 e. The molecule has 2 aliphatic heterocycles. The Morgan fingerprint density at radius 3 is 2.84 bits per heavy atom. The number of aryl methyl sites for hydroxylation is 1. The lowest BCUT2D eigenvalue weighted by atomic mass is 9.96. The molecule has 5 aromatic rings. The molecule has 5 heterocycles. The second kappa shape index (κ2) is 10.8. The molecule has 1 amide bonds. The number of hydrogen-bond donors (Lipinski definition) is 4. The molecule has 2 aliphatic rings. The summed E-state index contributed by atoms with van der Waals surface area (Å²) in [5.41, 5.74) is 5.84. The number of phenolic OH excluding ortho intramolecular Hbond substituents is 1. The summed E-state index contributed by atoms with van der Waals surface area (Å²) in [6.45, 7) is 3.71. The summed E-state index contributed by atoms with van der Waals surface area (Å²) in [7, 11) is 0. The number of carbonyl (C=O) groups excluding carboxylic acids is 1. The number of aliphatic hydroxyl groups is 1. The van der Waals surface area contributed by atoms with Gasteiger partial charge in [-0.1, -0.05) is 13.0 Å². The van der Waals surface area contributed by atoms with Gasteiger partial charge in [0.2, 0.25) is 0 Å². The van der Waals surface area contributed by atoms with E-state index in [1.165, 1.54) is 18.3 Å². The molecule has 0 saturated carbocycles. The van der Waals surface area contributed by atoms with Gasteiger partial charge in [-0.15, -0.1) is 0 Å². The highest BCUT2D eigenvalue weighted by Crippen LogP contribution is 2.34. The molecule has 220 valence electrons. The van der Waals surface area contributed by atoms with E-state index >= 15 is 0 Å². The molecule has 4 N–H and O–H groups in total. The van der Waals surface area contributed by atoms with E-state index in [-0.39, 0.29) is 30.0 Å². The van der Waals surface area contributed by atoms with E-state index in [1.807, 2.05) is 30.0 Å². The number of H-pyrrole nitrogens is 2. The Bertz CT molecular complexity index is 1830. The Balaban J connectivity index is 1.10. The zero-order valence-corrected chi connectivity index (χ0v) is 23.6. The molecule has 1 atom stereocenters. The average Bonchev–Trinajstić information content (AvgIpc) is 3.79. The number of fused-ring (bicyclic) bond motifs is 2. The van der Waals surface area contributed by atoms with Crippen LogP contribution in [0.15, 0.2) is 42.7 Å². The van der Waals surface area contributed by atoms with Crippen molar-refractivity contribution in [1.29, 1.82) is 0 Å². The summed E-state index contributed by atoms with van der Waals surface area (Å²) in [4.78, 5) is 34.1. The number of carbonyl (C=O) groups is 1. The van der Waals surface area contributed by atoms with Gasteiger partial charge in [0.1, 0.15) is 17.2 Å². The van der Waals surface area contributed by atoms with Crippen LogP contribution in [-0.4, -0.2) is 76.9 Å². The first-order valence-corrected chi connectivity index (χ1v) is 14.5. The number of aromatic amines is 2. The molecule has 43 heavy (non-hydrogen) atoms. The van der Waals surface area contributed by atoms with Crippen molar-refractivity contribution in [3.63, 3.8) is 0 Å². The summed E-state index contributed by atoms with van der Waals surface area (Å²) in [6.07, 6.45) is 6.27. The number of nitrogens with zero attached hydrogens (tertiary/aromatic N) is 6. The van der Waals surface area contributed by atoms with Gasteiger partial charge in [0.15, 0.2) is 17.4 Å². The van der Waals surface area contributed by atoms with Crippen molar-refractivity contribution in [1.82, 2.24) is 35.0 Å². The predicted octanol–water partition coefficient (Wildman–Crippen LogP) is 3.98. The maximum Gasteiger partial charge on any atom is 0.274 e. The fourth-order valence-corrected chi connectivity index (χ4v) is 6.18. The highest BCUT2D eigenvalue weighted by molar-refractivity contribution is 5.94. The van der Waals surface area contributed by atoms with Gasteiger partial charge in [0, 0.05) is 24.9 Å². The molecular formula is C31H31FN8O3. The zero-order valence-electron chi connectivity index (χ0n) is 23.6. The molecule has 0 spiro atoms. The van der Waals surface area contributed by atoms with E-state index in [9.17, 15) is 19.4 Å². The lowest BCUT2D eigenvalue weighted by Crippen LogP contribution is -2.37. The highest BCUT2D eigenvalue weighted by Gasteiger charge is 2.28.